The van der Waals surface area contributed by atoms with Crippen molar-refractivity contribution in [3.8, 4) is 11.4 Å². The summed E-state index contributed by atoms with van der Waals surface area (Å²) in [5.74, 6) is -1.21. The molecule has 1 aromatic heterocycles. The standard InChI is InChI=1S/C21H18F3N3O3/c1-26(20(29)15-4-8-17(9-5-15)27-12-2-3-13-27)14-19(28)25-16-6-10-18(11-7-16)30-21(22,23)24/h2-13H,14H2,1H3,(H,25,28). The van der Waals surface area contributed by atoms with Crippen LogP contribution in [-0.4, -0.2) is 41.2 Å². The summed E-state index contributed by atoms with van der Waals surface area (Å²) >= 11 is 0. The van der Waals surface area contributed by atoms with Gasteiger partial charge in [0.15, 0.2) is 0 Å². The van der Waals surface area contributed by atoms with Crippen LogP contribution in [0, 0.1) is 0 Å². The van der Waals surface area contributed by atoms with Crippen LogP contribution in [0.4, 0.5) is 18.9 Å². The number of nitrogens with one attached hydrogen (secondary N) is 1. The molecule has 1 N–H and O–H groups in total. The van der Waals surface area contributed by atoms with Crippen LogP contribution in [0.5, 0.6) is 5.75 Å². The van der Waals surface area contributed by atoms with Crippen molar-refractivity contribution in [1.82, 2.24) is 9.47 Å². The molecule has 0 aliphatic rings. The monoisotopic (exact) mass is 417 g/mol. The molecule has 0 aliphatic carbocycles. The molecule has 0 spiro atoms. The largest absolute Gasteiger partial charge is 0.573 e. The Hall–Kier alpha value is -3.75. The van der Waals surface area contributed by atoms with Gasteiger partial charge in [-0.2, -0.15) is 0 Å². The van der Waals surface area contributed by atoms with Crippen LogP contribution >= 0.6 is 0 Å². The highest BCUT2D eigenvalue weighted by atomic mass is 19.4. The number of halogens is 3. The number of amides is 2. The summed E-state index contributed by atoms with van der Waals surface area (Å²) in [6, 6.07) is 15.5. The van der Waals surface area contributed by atoms with Crippen LogP contribution < -0.4 is 10.1 Å². The van der Waals surface area contributed by atoms with Gasteiger partial charge in [0.05, 0.1) is 6.54 Å². The van der Waals surface area contributed by atoms with Gasteiger partial charge in [0, 0.05) is 36.4 Å². The lowest BCUT2D eigenvalue weighted by Gasteiger charge is -2.17. The highest BCUT2D eigenvalue weighted by Crippen LogP contribution is 2.24. The first-order valence-electron chi connectivity index (χ1n) is 8.86. The van der Waals surface area contributed by atoms with Gasteiger partial charge >= 0.3 is 6.36 Å². The van der Waals surface area contributed by atoms with Crippen molar-refractivity contribution in [1.29, 1.82) is 0 Å². The molecule has 0 aliphatic heterocycles. The average molecular weight is 417 g/mol. The number of nitrogens with zero attached hydrogens (tertiary/aromatic N) is 2. The van der Waals surface area contributed by atoms with Gasteiger partial charge < -0.3 is 19.5 Å². The predicted octanol–water partition coefficient (Wildman–Crippen LogP) is 4.09. The number of aromatic nitrogens is 1. The molecular formula is C21H18F3N3O3. The molecule has 0 saturated carbocycles. The van der Waals surface area contributed by atoms with Crippen molar-refractivity contribution < 1.29 is 27.5 Å². The van der Waals surface area contributed by atoms with Gasteiger partial charge in [-0.25, -0.2) is 0 Å². The van der Waals surface area contributed by atoms with Crippen LogP contribution in [0.25, 0.3) is 5.69 Å². The Morgan fingerprint density at radius 2 is 1.60 bits per heavy atom. The minimum atomic E-state index is -4.78. The Labute approximate surface area is 170 Å². The van der Waals surface area contributed by atoms with E-state index in [2.05, 4.69) is 10.1 Å². The highest BCUT2D eigenvalue weighted by Gasteiger charge is 2.31. The summed E-state index contributed by atoms with van der Waals surface area (Å²) in [4.78, 5) is 25.9. The molecule has 0 radical (unpaired) electrons. The van der Waals surface area contributed by atoms with E-state index in [0.29, 0.717) is 5.56 Å². The van der Waals surface area contributed by atoms with Gasteiger partial charge in [-0.05, 0) is 60.7 Å². The topological polar surface area (TPSA) is 63.6 Å². The maximum Gasteiger partial charge on any atom is 0.573 e. The summed E-state index contributed by atoms with van der Waals surface area (Å²) in [5.41, 5.74) is 1.61. The van der Waals surface area contributed by atoms with E-state index in [1.807, 2.05) is 29.1 Å². The molecule has 6 nitrogen and oxygen atoms in total. The first kappa shape index (κ1) is 21.0. The predicted molar refractivity (Wildman–Crippen MR) is 104 cm³/mol. The molecule has 30 heavy (non-hydrogen) atoms. The fourth-order valence-corrected chi connectivity index (χ4v) is 2.73. The smallest absolute Gasteiger partial charge is 0.406 e. The Bertz CT molecular complexity index is 999. The Kier molecular flexibility index (Phi) is 6.10. The first-order valence-corrected chi connectivity index (χ1v) is 8.86. The van der Waals surface area contributed by atoms with Gasteiger partial charge in [-0.15, -0.1) is 13.2 Å². The van der Waals surface area contributed by atoms with Gasteiger partial charge in [0.1, 0.15) is 5.75 Å². The molecule has 0 fully saturated rings. The summed E-state index contributed by atoms with van der Waals surface area (Å²) in [6.45, 7) is -0.223. The average Bonchev–Trinajstić information content (AvgIpc) is 3.22. The maximum atomic E-state index is 12.5. The number of rotatable bonds is 6. The minimum absolute atomic E-state index is 0.223. The van der Waals surface area contributed by atoms with E-state index in [4.69, 9.17) is 0 Å². The van der Waals surface area contributed by atoms with Crippen LogP contribution in [0.3, 0.4) is 0 Å². The molecular weight excluding hydrogens is 399 g/mol. The van der Waals surface area contributed by atoms with Crippen molar-refractivity contribution in [2.75, 3.05) is 18.9 Å². The second kappa shape index (κ2) is 8.73. The summed E-state index contributed by atoms with van der Waals surface area (Å²) < 4.78 is 42.2. The third-order valence-electron chi connectivity index (χ3n) is 4.12. The number of ether oxygens (including phenoxy) is 1. The van der Waals surface area contributed by atoms with E-state index < -0.39 is 18.0 Å². The first-order chi connectivity index (χ1) is 14.2. The number of benzene rings is 2. The lowest BCUT2D eigenvalue weighted by molar-refractivity contribution is -0.274. The second-order valence-corrected chi connectivity index (χ2v) is 6.42. The van der Waals surface area contributed by atoms with Crippen molar-refractivity contribution in [3.05, 3.63) is 78.6 Å². The molecule has 0 bridgehead atoms. The van der Waals surface area contributed by atoms with Crippen LogP contribution in [0.2, 0.25) is 0 Å². The molecule has 156 valence electrons. The quantitative estimate of drug-likeness (QED) is 0.657. The van der Waals surface area contributed by atoms with Gasteiger partial charge in [0.2, 0.25) is 5.91 Å². The van der Waals surface area contributed by atoms with E-state index in [1.165, 1.54) is 24.1 Å². The van der Waals surface area contributed by atoms with E-state index in [-0.39, 0.29) is 18.1 Å². The zero-order valence-corrected chi connectivity index (χ0v) is 15.9. The molecule has 9 heteroatoms. The minimum Gasteiger partial charge on any atom is -0.406 e. The van der Waals surface area contributed by atoms with E-state index in [0.717, 1.165) is 17.8 Å². The molecule has 2 amide bonds. The third-order valence-corrected chi connectivity index (χ3v) is 4.12. The summed E-state index contributed by atoms with van der Waals surface area (Å²) in [5, 5.41) is 2.52. The number of carbonyl (C=O) groups excluding carboxylic acids is 2. The van der Waals surface area contributed by atoms with E-state index >= 15 is 0 Å². The normalized spacial score (nSPS) is 11.1. The Morgan fingerprint density at radius 1 is 1.00 bits per heavy atom. The lowest BCUT2D eigenvalue weighted by atomic mass is 10.2. The van der Waals surface area contributed by atoms with Gasteiger partial charge in [-0.1, -0.05) is 0 Å². The maximum absolute atomic E-state index is 12.5. The number of anilines is 1. The van der Waals surface area contributed by atoms with Crippen LogP contribution in [0.1, 0.15) is 10.4 Å². The Balaban J connectivity index is 1.55. The number of likely N-dealkylation sites (N-methyl/N-ethyl adjacent to an activating group) is 1. The second-order valence-electron chi connectivity index (χ2n) is 6.42. The van der Waals surface area contributed by atoms with Crippen molar-refractivity contribution in [2.45, 2.75) is 6.36 Å². The van der Waals surface area contributed by atoms with Crippen molar-refractivity contribution in [2.24, 2.45) is 0 Å². The number of carbonyl (C=O) groups is 2. The SMILES string of the molecule is CN(CC(=O)Nc1ccc(OC(F)(F)F)cc1)C(=O)c1ccc(-n2cccc2)cc1. The van der Waals surface area contributed by atoms with Crippen molar-refractivity contribution >= 4 is 17.5 Å². The molecule has 1 heterocycles. The van der Waals surface area contributed by atoms with Crippen LogP contribution in [0.15, 0.2) is 73.1 Å². The molecule has 2 aromatic carbocycles. The molecule has 0 unspecified atom stereocenters. The van der Waals surface area contributed by atoms with Crippen molar-refractivity contribution in [3.63, 3.8) is 0 Å². The van der Waals surface area contributed by atoms with Crippen LogP contribution in [-0.2, 0) is 4.79 Å². The number of hydrogen-bond donors (Lipinski definition) is 1. The van der Waals surface area contributed by atoms with E-state index in [9.17, 15) is 22.8 Å². The molecule has 3 rings (SSSR count). The zero-order chi connectivity index (χ0) is 21.7. The van der Waals surface area contributed by atoms with Gasteiger partial charge in [-0.3, -0.25) is 9.59 Å². The molecule has 3 aromatic rings. The zero-order valence-electron chi connectivity index (χ0n) is 15.9. The molecule has 0 atom stereocenters. The summed E-state index contributed by atoms with van der Waals surface area (Å²) in [6.07, 6.45) is -1.02. The fourth-order valence-electron chi connectivity index (χ4n) is 2.73. The van der Waals surface area contributed by atoms with Gasteiger partial charge in [0.25, 0.3) is 5.91 Å². The third kappa shape index (κ3) is 5.63. The molecule has 0 saturated heterocycles. The number of alkyl halides is 3. The number of hydrogen-bond acceptors (Lipinski definition) is 3. The van der Waals surface area contributed by atoms with E-state index in [1.54, 1.807) is 24.3 Å². The Morgan fingerprint density at radius 3 is 2.17 bits per heavy atom. The fraction of sp³-hybridized carbons (Fsp3) is 0.143. The lowest BCUT2D eigenvalue weighted by Crippen LogP contribution is -2.34. The summed E-state index contributed by atoms with van der Waals surface area (Å²) in [7, 11) is 1.49. The highest BCUT2D eigenvalue weighted by molar-refractivity contribution is 5.99.